The molecule has 0 saturated carbocycles. The summed E-state index contributed by atoms with van der Waals surface area (Å²) >= 11 is 0. The van der Waals surface area contributed by atoms with Crippen molar-refractivity contribution in [1.82, 2.24) is 14.3 Å². The van der Waals surface area contributed by atoms with E-state index in [1.54, 1.807) is 0 Å². The maximum atomic E-state index is 11.5. The van der Waals surface area contributed by atoms with Crippen LogP contribution < -0.4 is 4.90 Å². The molecule has 3 rings (SSSR count). The third kappa shape index (κ3) is 3.41. The molecule has 6 nitrogen and oxygen atoms in total. The van der Waals surface area contributed by atoms with E-state index in [1.807, 2.05) is 13.0 Å². The highest BCUT2D eigenvalue weighted by atomic mass is 32.2. The van der Waals surface area contributed by atoms with E-state index in [9.17, 15) is 8.42 Å². The second-order valence-corrected chi connectivity index (χ2v) is 8.39. The number of aromatic nitrogens is 2. The molecule has 2 fully saturated rings. The van der Waals surface area contributed by atoms with Crippen LogP contribution in [0.25, 0.3) is 0 Å². The van der Waals surface area contributed by atoms with Crippen LogP contribution in [0.2, 0.25) is 0 Å². The van der Waals surface area contributed by atoms with Crippen molar-refractivity contribution in [3.63, 3.8) is 0 Å². The third-order valence-electron chi connectivity index (χ3n) is 4.47. The Morgan fingerprint density at radius 3 is 2.32 bits per heavy atom. The largest absolute Gasteiger partial charge is 0.357 e. The van der Waals surface area contributed by atoms with E-state index in [2.05, 4.69) is 9.88 Å². The van der Waals surface area contributed by atoms with Gasteiger partial charge in [-0.15, -0.1) is 0 Å². The Hall–Kier alpha value is -1.21. The first kappa shape index (κ1) is 15.7. The number of nitrogens with zero attached hydrogens (tertiary/aromatic N) is 4. The fourth-order valence-electron chi connectivity index (χ4n) is 3.09. The van der Waals surface area contributed by atoms with Crippen molar-refractivity contribution in [1.29, 1.82) is 0 Å². The fraction of sp³-hybridized carbons (Fsp3) is 0.733. The zero-order chi connectivity index (χ0) is 15.7. The lowest BCUT2D eigenvalue weighted by molar-refractivity contribution is 0.257. The molecule has 2 saturated heterocycles. The van der Waals surface area contributed by atoms with Gasteiger partial charge in [-0.25, -0.2) is 22.7 Å². The summed E-state index contributed by atoms with van der Waals surface area (Å²) in [5.41, 5.74) is 0.960. The average Bonchev–Trinajstić information content (AvgIpc) is 2.63. The van der Waals surface area contributed by atoms with E-state index >= 15 is 0 Å². The van der Waals surface area contributed by atoms with Crippen molar-refractivity contribution < 1.29 is 8.42 Å². The van der Waals surface area contributed by atoms with Gasteiger partial charge < -0.3 is 4.90 Å². The minimum absolute atomic E-state index is 0.125. The number of anilines is 1. The summed E-state index contributed by atoms with van der Waals surface area (Å²) in [4.78, 5) is 11.6. The number of hydrogen-bond donors (Lipinski definition) is 0. The topological polar surface area (TPSA) is 66.4 Å². The summed E-state index contributed by atoms with van der Waals surface area (Å²) in [7, 11) is -3.09. The molecule has 2 aliphatic heterocycles. The summed E-state index contributed by atoms with van der Waals surface area (Å²) in [6, 6.07) is 2.04. The molecule has 1 aromatic heterocycles. The molecule has 3 heterocycles. The van der Waals surface area contributed by atoms with Crippen LogP contribution in [0, 0.1) is 6.92 Å². The Morgan fingerprint density at radius 2 is 1.73 bits per heavy atom. The highest BCUT2D eigenvalue weighted by Crippen LogP contribution is 2.28. The molecule has 2 aliphatic rings. The van der Waals surface area contributed by atoms with Gasteiger partial charge in [-0.2, -0.15) is 0 Å². The molecule has 0 aromatic carbocycles. The van der Waals surface area contributed by atoms with Crippen LogP contribution in [-0.4, -0.2) is 55.1 Å². The maximum Gasteiger partial charge on any atom is 0.211 e. The smallest absolute Gasteiger partial charge is 0.211 e. The predicted molar refractivity (Wildman–Crippen MR) is 86.6 cm³/mol. The van der Waals surface area contributed by atoms with Crippen LogP contribution in [0.15, 0.2) is 6.07 Å². The summed E-state index contributed by atoms with van der Waals surface area (Å²) in [5, 5.41) is 0. The van der Waals surface area contributed by atoms with Crippen LogP contribution in [-0.2, 0) is 10.0 Å². The van der Waals surface area contributed by atoms with Gasteiger partial charge in [0.25, 0.3) is 0 Å². The molecule has 0 unspecified atom stereocenters. The number of sulfonamides is 1. The number of rotatable bonds is 3. The Kier molecular flexibility index (Phi) is 4.36. The zero-order valence-corrected chi connectivity index (χ0v) is 14.1. The van der Waals surface area contributed by atoms with E-state index < -0.39 is 10.0 Å². The van der Waals surface area contributed by atoms with Gasteiger partial charge in [0.05, 0.1) is 6.26 Å². The van der Waals surface area contributed by atoms with E-state index in [0.29, 0.717) is 13.1 Å². The first-order valence-corrected chi connectivity index (χ1v) is 9.84. The first-order chi connectivity index (χ1) is 10.4. The normalized spacial score (nSPS) is 21.5. The minimum atomic E-state index is -3.09. The first-order valence-electron chi connectivity index (χ1n) is 7.99. The van der Waals surface area contributed by atoms with Crippen molar-refractivity contribution in [2.75, 3.05) is 37.3 Å². The molecule has 0 radical (unpaired) electrons. The molecule has 0 bridgehead atoms. The lowest BCUT2D eigenvalue weighted by atomic mass is 10.0. The van der Waals surface area contributed by atoms with Gasteiger partial charge in [0.1, 0.15) is 11.6 Å². The second kappa shape index (κ2) is 6.12. The number of aryl methyl sites for hydroxylation is 1. The van der Waals surface area contributed by atoms with Gasteiger partial charge in [0.15, 0.2) is 0 Å². The number of hydrogen-bond acceptors (Lipinski definition) is 5. The minimum Gasteiger partial charge on any atom is -0.357 e. The lowest BCUT2D eigenvalue weighted by Gasteiger charge is -2.36. The molecule has 0 amide bonds. The molecule has 0 spiro atoms. The van der Waals surface area contributed by atoms with Crippen molar-refractivity contribution in [2.24, 2.45) is 0 Å². The van der Waals surface area contributed by atoms with Crippen LogP contribution in [0.3, 0.4) is 0 Å². The van der Waals surface area contributed by atoms with Gasteiger partial charge in [-0.05, 0) is 19.8 Å². The SMILES string of the molecule is Cc1cc(N2CCCCCC2)nc(C2CN(S(C)(=O)=O)C2)n1. The van der Waals surface area contributed by atoms with Crippen LogP contribution in [0.4, 0.5) is 5.82 Å². The fourth-order valence-corrected chi connectivity index (χ4v) is 3.99. The summed E-state index contributed by atoms with van der Waals surface area (Å²) in [5.74, 6) is 1.92. The van der Waals surface area contributed by atoms with E-state index in [-0.39, 0.29) is 5.92 Å². The van der Waals surface area contributed by atoms with E-state index in [0.717, 1.165) is 30.4 Å². The van der Waals surface area contributed by atoms with Gasteiger partial charge in [-0.3, -0.25) is 0 Å². The molecule has 1 aromatic rings. The monoisotopic (exact) mass is 324 g/mol. The molecule has 7 heteroatoms. The Balaban J connectivity index is 1.76. The average molecular weight is 324 g/mol. The molecule has 0 aliphatic carbocycles. The highest BCUT2D eigenvalue weighted by molar-refractivity contribution is 7.88. The molecule has 0 atom stereocenters. The van der Waals surface area contributed by atoms with Crippen LogP contribution in [0.5, 0.6) is 0 Å². The Morgan fingerprint density at radius 1 is 1.09 bits per heavy atom. The van der Waals surface area contributed by atoms with E-state index in [1.165, 1.54) is 36.2 Å². The van der Waals surface area contributed by atoms with Gasteiger partial charge >= 0.3 is 0 Å². The van der Waals surface area contributed by atoms with Gasteiger partial charge in [-0.1, -0.05) is 12.8 Å². The second-order valence-electron chi connectivity index (χ2n) is 6.40. The summed E-state index contributed by atoms with van der Waals surface area (Å²) in [6.45, 7) is 5.09. The Bertz CT molecular complexity index is 633. The van der Waals surface area contributed by atoms with Crippen LogP contribution >= 0.6 is 0 Å². The van der Waals surface area contributed by atoms with Gasteiger partial charge in [0.2, 0.25) is 10.0 Å². The molecule has 22 heavy (non-hydrogen) atoms. The standard InChI is InChI=1S/C15H24N4O2S/c1-12-9-14(18-7-5-3-4-6-8-18)17-15(16-12)13-10-19(11-13)22(2,20)21/h9,13H,3-8,10-11H2,1-2H3. The zero-order valence-electron chi connectivity index (χ0n) is 13.3. The molecule has 0 N–H and O–H groups in total. The summed E-state index contributed by atoms with van der Waals surface area (Å²) in [6.07, 6.45) is 6.26. The third-order valence-corrected chi connectivity index (χ3v) is 5.71. The van der Waals surface area contributed by atoms with E-state index in [4.69, 9.17) is 4.98 Å². The van der Waals surface area contributed by atoms with Crippen molar-refractivity contribution >= 4 is 15.8 Å². The summed E-state index contributed by atoms with van der Waals surface area (Å²) < 4.78 is 24.5. The quantitative estimate of drug-likeness (QED) is 0.843. The van der Waals surface area contributed by atoms with Crippen LogP contribution in [0.1, 0.15) is 43.1 Å². The van der Waals surface area contributed by atoms with Crippen molar-refractivity contribution in [3.8, 4) is 0 Å². The highest BCUT2D eigenvalue weighted by Gasteiger charge is 2.36. The lowest BCUT2D eigenvalue weighted by Crippen LogP contribution is -2.48. The predicted octanol–water partition coefficient (Wildman–Crippen LogP) is 1.52. The Labute approximate surface area is 132 Å². The molecular formula is C15H24N4O2S. The molecular weight excluding hydrogens is 300 g/mol. The van der Waals surface area contributed by atoms with Crippen molar-refractivity contribution in [3.05, 3.63) is 17.6 Å². The van der Waals surface area contributed by atoms with Crippen molar-refractivity contribution in [2.45, 2.75) is 38.5 Å². The van der Waals surface area contributed by atoms with Gasteiger partial charge in [0, 0.05) is 43.9 Å². The molecule has 122 valence electrons. The maximum absolute atomic E-state index is 11.5.